The minimum Gasteiger partial charge on any atom is -0.390 e. The zero-order valence-corrected chi connectivity index (χ0v) is 7.53. The molecule has 0 saturated carbocycles. The molecule has 0 radical (unpaired) electrons. The second kappa shape index (κ2) is 5.91. The molecule has 0 heterocycles. The number of rotatable bonds is 5. The van der Waals surface area contributed by atoms with Crippen LogP contribution in [0, 0.1) is 0 Å². The molecule has 0 amide bonds. The third kappa shape index (κ3) is 5.04. The van der Waals surface area contributed by atoms with Crippen LogP contribution in [0.3, 0.4) is 0 Å². The number of hydrogen-bond donors (Lipinski definition) is 2. The van der Waals surface area contributed by atoms with Crippen LogP contribution in [-0.4, -0.2) is 28.2 Å². The van der Waals surface area contributed by atoms with E-state index in [1.54, 1.807) is 13.0 Å². The molecule has 0 saturated heterocycles. The minimum absolute atomic E-state index is 0.0480. The Morgan fingerprint density at radius 3 is 2.42 bits per heavy atom. The fourth-order valence-corrected chi connectivity index (χ4v) is 0.803. The van der Waals surface area contributed by atoms with Crippen molar-refractivity contribution in [3.8, 4) is 0 Å². The second-order valence-electron chi connectivity index (χ2n) is 2.79. The maximum atomic E-state index is 10.4. The summed E-state index contributed by atoms with van der Waals surface area (Å²) in [6, 6.07) is 0. The number of hydrogen-bond acceptors (Lipinski definition) is 3. The smallest absolute Gasteiger partial charge is 0.152 e. The van der Waals surface area contributed by atoms with Gasteiger partial charge in [0.25, 0.3) is 0 Å². The molecular weight excluding hydrogens is 156 g/mol. The largest absolute Gasteiger partial charge is 0.390 e. The van der Waals surface area contributed by atoms with Crippen LogP contribution in [-0.2, 0) is 4.79 Å². The molecule has 2 N–H and O–H groups in total. The van der Waals surface area contributed by atoms with Crippen LogP contribution in [0.15, 0.2) is 12.2 Å². The predicted molar refractivity (Wildman–Crippen MR) is 46.7 cm³/mol. The number of ketones is 1. The topological polar surface area (TPSA) is 57.5 Å². The zero-order valence-electron chi connectivity index (χ0n) is 7.53. The van der Waals surface area contributed by atoms with Crippen molar-refractivity contribution in [2.45, 2.75) is 38.9 Å². The van der Waals surface area contributed by atoms with E-state index in [0.717, 1.165) is 0 Å². The molecule has 0 aromatic rings. The van der Waals surface area contributed by atoms with Gasteiger partial charge in [0.2, 0.25) is 0 Å². The van der Waals surface area contributed by atoms with Gasteiger partial charge in [0, 0.05) is 0 Å². The van der Waals surface area contributed by atoms with E-state index < -0.39 is 12.2 Å². The number of aliphatic hydroxyl groups excluding tert-OH is 2. The monoisotopic (exact) mass is 172 g/mol. The molecule has 0 aromatic heterocycles. The molecule has 70 valence electrons. The molecule has 0 fully saturated rings. The summed E-state index contributed by atoms with van der Waals surface area (Å²) in [6.07, 6.45) is 2.37. The molecule has 3 nitrogen and oxygen atoms in total. The molecule has 3 heteroatoms. The van der Waals surface area contributed by atoms with Gasteiger partial charge < -0.3 is 10.2 Å². The molecular formula is C9H16O3. The fraction of sp³-hybridized carbons (Fsp3) is 0.667. The highest BCUT2D eigenvalue weighted by molar-refractivity contribution is 5.87. The van der Waals surface area contributed by atoms with Crippen molar-refractivity contribution < 1.29 is 15.0 Å². The summed E-state index contributed by atoms with van der Waals surface area (Å²) in [7, 11) is 0. The maximum absolute atomic E-state index is 10.4. The van der Waals surface area contributed by atoms with Gasteiger partial charge >= 0.3 is 0 Å². The molecule has 0 rings (SSSR count). The lowest BCUT2D eigenvalue weighted by Crippen LogP contribution is -2.24. The Morgan fingerprint density at radius 2 is 2.00 bits per heavy atom. The van der Waals surface area contributed by atoms with Gasteiger partial charge in [-0.15, -0.1) is 0 Å². The van der Waals surface area contributed by atoms with Gasteiger partial charge in [-0.25, -0.2) is 0 Å². The SMILES string of the molecule is CC[C@@H](O)C(O)C/C=C/C(C)=O. The minimum atomic E-state index is -0.759. The third-order valence-electron chi connectivity index (χ3n) is 1.59. The van der Waals surface area contributed by atoms with Crippen molar-refractivity contribution >= 4 is 5.78 Å². The summed E-state index contributed by atoms with van der Waals surface area (Å²) >= 11 is 0. The Morgan fingerprint density at radius 1 is 1.42 bits per heavy atom. The van der Waals surface area contributed by atoms with Crippen LogP contribution in [0.2, 0.25) is 0 Å². The highest BCUT2D eigenvalue weighted by Gasteiger charge is 2.11. The Labute approximate surface area is 72.7 Å². The summed E-state index contributed by atoms with van der Waals surface area (Å²) in [4.78, 5) is 10.4. The van der Waals surface area contributed by atoms with Gasteiger partial charge in [0.05, 0.1) is 12.2 Å². The van der Waals surface area contributed by atoms with Gasteiger partial charge in [-0.3, -0.25) is 4.79 Å². The highest BCUT2D eigenvalue weighted by Crippen LogP contribution is 2.03. The number of allylic oxidation sites excluding steroid dienone is 1. The van der Waals surface area contributed by atoms with Crippen molar-refractivity contribution in [1.82, 2.24) is 0 Å². The van der Waals surface area contributed by atoms with E-state index in [4.69, 9.17) is 5.11 Å². The van der Waals surface area contributed by atoms with Crippen LogP contribution in [0.5, 0.6) is 0 Å². The van der Waals surface area contributed by atoms with Gasteiger partial charge in [-0.2, -0.15) is 0 Å². The summed E-state index contributed by atoms with van der Waals surface area (Å²) in [6.45, 7) is 3.24. The lowest BCUT2D eigenvalue weighted by atomic mass is 10.1. The van der Waals surface area contributed by atoms with E-state index >= 15 is 0 Å². The molecule has 0 aromatic carbocycles. The Hall–Kier alpha value is -0.670. The van der Waals surface area contributed by atoms with E-state index in [1.165, 1.54) is 13.0 Å². The fourth-order valence-electron chi connectivity index (χ4n) is 0.803. The third-order valence-corrected chi connectivity index (χ3v) is 1.59. The average Bonchev–Trinajstić information content (AvgIpc) is 2.02. The van der Waals surface area contributed by atoms with E-state index in [1.807, 2.05) is 0 Å². The Kier molecular flexibility index (Phi) is 5.58. The van der Waals surface area contributed by atoms with Gasteiger partial charge in [0.1, 0.15) is 0 Å². The summed E-state index contributed by atoms with van der Waals surface area (Å²) in [5.74, 6) is -0.0480. The molecule has 0 aliphatic carbocycles. The number of aliphatic hydroxyl groups is 2. The molecule has 0 bridgehead atoms. The number of carbonyl (C=O) groups is 1. The zero-order chi connectivity index (χ0) is 9.56. The van der Waals surface area contributed by atoms with E-state index in [9.17, 15) is 9.90 Å². The summed E-state index contributed by atoms with van der Waals surface area (Å²) < 4.78 is 0. The first kappa shape index (κ1) is 11.3. The van der Waals surface area contributed by atoms with Gasteiger partial charge in [-0.05, 0) is 25.8 Å². The van der Waals surface area contributed by atoms with Crippen LogP contribution < -0.4 is 0 Å². The van der Waals surface area contributed by atoms with E-state index in [2.05, 4.69) is 0 Å². The van der Waals surface area contributed by atoms with Crippen molar-refractivity contribution in [1.29, 1.82) is 0 Å². The quantitative estimate of drug-likeness (QED) is 0.599. The molecule has 2 atom stereocenters. The predicted octanol–water partition coefficient (Wildman–Crippen LogP) is 0.654. The van der Waals surface area contributed by atoms with Crippen molar-refractivity contribution in [2.75, 3.05) is 0 Å². The molecule has 12 heavy (non-hydrogen) atoms. The van der Waals surface area contributed by atoms with Crippen molar-refractivity contribution in [2.24, 2.45) is 0 Å². The highest BCUT2D eigenvalue weighted by atomic mass is 16.3. The first-order valence-electron chi connectivity index (χ1n) is 4.11. The van der Waals surface area contributed by atoms with Crippen LogP contribution in [0.25, 0.3) is 0 Å². The molecule has 0 aliphatic rings. The average molecular weight is 172 g/mol. The van der Waals surface area contributed by atoms with E-state index in [-0.39, 0.29) is 5.78 Å². The molecule has 1 unspecified atom stereocenters. The molecule has 0 spiro atoms. The Bertz CT molecular complexity index is 163. The molecule has 0 aliphatic heterocycles. The normalized spacial score (nSPS) is 16.3. The first-order valence-corrected chi connectivity index (χ1v) is 4.11. The first-order chi connectivity index (χ1) is 5.57. The standard InChI is InChI=1S/C9H16O3/c1-3-8(11)9(12)6-4-5-7(2)10/h4-5,8-9,11-12H,3,6H2,1-2H3/b5-4+/t8-,9?/m1/s1. The van der Waals surface area contributed by atoms with Crippen LogP contribution in [0.1, 0.15) is 26.7 Å². The van der Waals surface area contributed by atoms with Gasteiger partial charge in [-0.1, -0.05) is 13.0 Å². The van der Waals surface area contributed by atoms with Gasteiger partial charge in [0.15, 0.2) is 5.78 Å². The van der Waals surface area contributed by atoms with Crippen LogP contribution >= 0.6 is 0 Å². The van der Waals surface area contributed by atoms with E-state index in [0.29, 0.717) is 12.8 Å². The van der Waals surface area contributed by atoms with Crippen LogP contribution in [0.4, 0.5) is 0 Å². The second-order valence-corrected chi connectivity index (χ2v) is 2.79. The van der Waals surface area contributed by atoms with Crippen molar-refractivity contribution in [3.63, 3.8) is 0 Å². The summed E-state index contributed by atoms with van der Waals surface area (Å²) in [5.41, 5.74) is 0. The lowest BCUT2D eigenvalue weighted by molar-refractivity contribution is -0.112. The maximum Gasteiger partial charge on any atom is 0.152 e. The van der Waals surface area contributed by atoms with Crippen molar-refractivity contribution in [3.05, 3.63) is 12.2 Å². The Balaban J connectivity index is 3.70. The number of carbonyl (C=O) groups excluding carboxylic acids is 1. The lowest BCUT2D eigenvalue weighted by Gasteiger charge is -2.13. The summed E-state index contributed by atoms with van der Waals surface area (Å²) in [5, 5.41) is 18.3.